The Bertz CT molecular complexity index is 588. The molecule has 0 amide bonds. The molecule has 1 heterocycles. The van der Waals surface area contributed by atoms with E-state index in [9.17, 15) is 0 Å². The zero-order valence-corrected chi connectivity index (χ0v) is 12.3. The van der Waals surface area contributed by atoms with E-state index >= 15 is 0 Å². The van der Waals surface area contributed by atoms with Crippen LogP contribution in [-0.4, -0.2) is 17.7 Å². The SMILES string of the molecule is CCCNC1CCc2cccc(-c3cc(C)no3)c2C1. The topological polar surface area (TPSA) is 38.1 Å². The largest absolute Gasteiger partial charge is 0.356 e. The van der Waals surface area contributed by atoms with E-state index in [1.807, 2.05) is 13.0 Å². The van der Waals surface area contributed by atoms with Crippen LogP contribution in [0.5, 0.6) is 0 Å². The smallest absolute Gasteiger partial charge is 0.167 e. The van der Waals surface area contributed by atoms with Crippen LogP contribution in [0.2, 0.25) is 0 Å². The molecule has 3 nitrogen and oxygen atoms in total. The minimum Gasteiger partial charge on any atom is -0.356 e. The summed E-state index contributed by atoms with van der Waals surface area (Å²) in [4.78, 5) is 0. The van der Waals surface area contributed by atoms with Crippen LogP contribution in [0.15, 0.2) is 28.8 Å². The Balaban J connectivity index is 1.90. The van der Waals surface area contributed by atoms with Gasteiger partial charge < -0.3 is 9.84 Å². The van der Waals surface area contributed by atoms with Gasteiger partial charge in [-0.3, -0.25) is 0 Å². The minimum atomic E-state index is 0.590. The van der Waals surface area contributed by atoms with E-state index in [0.29, 0.717) is 6.04 Å². The zero-order chi connectivity index (χ0) is 13.9. The Kier molecular flexibility index (Phi) is 3.88. The number of fused-ring (bicyclic) bond motifs is 1. The van der Waals surface area contributed by atoms with E-state index < -0.39 is 0 Å². The fourth-order valence-electron chi connectivity index (χ4n) is 3.03. The molecule has 1 atom stereocenters. The monoisotopic (exact) mass is 270 g/mol. The maximum absolute atomic E-state index is 5.46. The van der Waals surface area contributed by atoms with Crippen molar-refractivity contribution in [1.82, 2.24) is 10.5 Å². The molecule has 0 radical (unpaired) electrons. The number of hydrogen-bond donors (Lipinski definition) is 1. The Morgan fingerprint density at radius 2 is 2.30 bits per heavy atom. The van der Waals surface area contributed by atoms with Gasteiger partial charge in [0.25, 0.3) is 0 Å². The lowest BCUT2D eigenvalue weighted by molar-refractivity contribution is 0.424. The van der Waals surface area contributed by atoms with E-state index in [1.54, 1.807) is 0 Å². The van der Waals surface area contributed by atoms with Gasteiger partial charge in [-0.15, -0.1) is 0 Å². The molecule has 3 rings (SSSR count). The summed E-state index contributed by atoms with van der Waals surface area (Å²) in [5, 5.41) is 7.67. The predicted octanol–water partition coefficient (Wildman–Crippen LogP) is 3.51. The highest BCUT2D eigenvalue weighted by Crippen LogP contribution is 2.32. The van der Waals surface area contributed by atoms with E-state index in [2.05, 4.69) is 35.6 Å². The Labute approximate surface area is 120 Å². The highest BCUT2D eigenvalue weighted by Gasteiger charge is 2.22. The van der Waals surface area contributed by atoms with E-state index in [0.717, 1.165) is 30.8 Å². The number of nitrogens with one attached hydrogen (secondary N) is 1. The van der Waals surface area contributed by atoms with Gasteiger partial charge in [0.15, 0.2) is 5.76 Å². The minimum absolute atomic E-state index is 0.590. The van der Waals surface area contributed by atoms with Crippen LogP contribution in [-0.2, 0) is 12.8 Å². The van der Waals surface area contributed by atoms with Crippen molar-refractivity contribution < 1.29 is 4.52 Å². The third-order valence-corrected chi connectivity index (χ3v) is 4.06. The highest BCUT2D eigenvalue weighted by atomic mass is 16.5. The van der Waals surface area contributed by atoms with E-state index in [-0.39, 0.29) is 0 Å². The molecule has 1 aromatic heterocycles. The predicted molar refractivity (Wildman–Crippen MR) is 80.8 cm³/mol. The standard InChI is InChI=1S/C17H22N2O/c1-3-9-18-14-8-7-13-5-4-6-15(16(13)11-14)17-10-12(2)19-20-17/h4-6,10,14,18H,3,7-9,11H2,1-2H3. The van der Waals surface area contributed by atoms with Crippen molar-refractivity contribution in [3.63, 3.8) is 0 Å². The van der Waals surface area contributed by atoms with Gasteiger partial charge >= 0.3 is 0 Å². The molecule has 0 fully saturated rings. The molecule has 0 saturated carbocycles. The van der Waals surface area contributed by atoms with Crippen LogP contribution in [0.25, 0.3) is 11.3 Å². The summed E-state index contributed by atoms with van der Waals surface area (Å²) in [6.07, 6.45) is 4.65. The number of hydrogen-bond acceptors (Lipinski definition) is 3. The summed E-state index contributed by atoms with van der Waals surface area (Å²) >= 11 is 0. The molecule has 1 aromatic carbocycles. The third-order valence-electron chi connectivity index (χ3n) is 4.06. The van der Waals surface area contributed by atoms with Gasteiger partial charge in [-0.2, -0.15) is 0 Å². The van der Waals surface area contributed by atoms with Gasteiger partial charge in [0.1, 0.15) is 0 Å². The van der Waals surface area contributed by atoms with Crippen molar-refractivity contribution in [2.24, 2.45) is 0 Å². The lowest BCUT2D eigenvalue weighted by Crippen LogP contribution is -2.35. The lowest BCUT2D eigenvalue weighted by Gasteiger charge is -2.27. The van der Waals surface area contributed by atoms with Crippen LogP contribution >= 0.6 is 0 Å². The second-order valence-electron chi connectivity index (χ2n) is 5.67. The van der Waals surface area contributed by atoms with E-state index in [4.69, 9.17) is 4.52 Å². The summed E-state index contributed by atoms with van der Waals surface area (Å²) in [7, 11) is 0. The molecule has 1 aliphatic rings. The van der Waals surface area contributed by atoms with Gasteiger partial charge in [0, 0.05) is 17.7 Å². The molecule has 0 saturated heterocycles. The maximum atomic E-state index is 5.46. The molecule has 0 aliphatic heterocycles. The first-order chi connectivity index (χ1) is 9.78. The summed E-state index contributed by atoms with van der Waals surface area (Å²) in [5.74, 6) is 0.899. The number of aromatic nitrogens is 1. The number of nitrogens with zero attached hydrogens (tertiary/aromatic N) is 1. The summed E-state index contributed by atoms with van der Waals surface area (Å²) in [6.45, 7) is 5.28. The molecule has 106 valence electrons. The van der Waals surface area contributed by atoms with Gasteiger partial charge in [-0.05, 0) is 50.3 Å². The Hall–Kier alpha value is -1.61. The van der Waals surface area contributed by atoms with Gasteiger partial charge in [0.05, 0.1) is 5.69 Å². The van der Waals surface area contributed by atoms with Crippen molar-refractivity contribution in [1.29, 1.82) is 0 Å². The Morgan fingerprint density at radius 1 is 1.40 bits per heavy atom. The first kappa shape index (κ1) is 13.4. The highest BCUT2D eigenvalue weighted by molar-refractivity contribution is 5.64. The van der Waals surface area contributed by atoms with Crippen LogP contribution in [0, 0.1) is 6.92 Å². The molecule has 2 aromatic rings. The van der Waals surface area contributed by atoms with Gasteiger partial charge in [-0.1, -0.05) is 30.3 Å². The van der Waals surface area contributed by atoms with Crippen LogP contribution in [0.4, 0.5) is 0 Å². The molecule has 1 N–H and O–H groups in total. The molecule has 1 unspecified atom stereocenters. The normalized spacial score (nSPS) is 18.0. The van der Waals surface area contributed by atoms with E-state index in [1.165, 1.54) is 29.5 Å². The average molecular weight is 270 g/mol. The maximum Gasteiger partial charge on any atom is 0.167 e. The fourth-order valence-corrected chi connectivity index (χ4v) is 3.03. The van der Waals surface area contributed by atoms with Crippen molar-refractivity contribution in [3.05, 3.63) is 41.1 Å². The van der Waals surface area contributed by atoms with Crippen LogP contribution in [0.1, 0.15) is 36.6 Å². The first-order valence-corrected chi connectivity index (χ1v) is 7.55. The van der Waals surface area contributed by atoms with Crippen molar-refractivity contribution in [2.75, 3.05) is 6.54 Å². The molecule has 1 aliphatic carbocycles. The van der Waals surface area contributed by atoms with Gasteiger partial charge in [0.2, 0.25) is 0 Å². The summed E-state index contributed by atoms with van der Waals surface area (Å²) in [5.41, 5.74) is 5.05. The summed E-state index contributed by atoms with van der Waals surface area (Å²) in [6, 6.07) is 9.15. The second kappa shape index (κ2) is 5.80. The van der Waals surface area contributed by atoms with Crippen molar-refractivity contribution in [3.8, 4) is 11.3 Å². The molecule has 20 heavy (non-hydrogen) atoms. The average Bonchev–Trinajstić information content (AvgIpc) is 2.90. The first-order valence-electron chi connectivity index (χ1n) is 7.55. The van der Waals surface area contributed by atoms with Crippen molar-refractivity contribution >= 4 is 0 Å². The fraction of sp³-hybridized carbons (Fsp3) is 0.471. The molecule has 3 heteroatoms. The van der Waals surface area contributed by atoms with Gasteiger partial charge in [-0.25, -0.2) is 0 Å². The zero-order valence-electron chi connectivity index (χ0n) is 12.3. The number of aryl methyl sites for hydroxylation is 2. The quantitative estimate of drug-likeness (QED) is 0.924. The second-order valence-corrected chi connectivity index (χ2v) is 5.67. The number of benzene rings is 1. The molecule has 0 bridgehead atoms. The Morgan fingerprint density at radius 3 is 3.05 bits per heavy atom. The molecular weight excluding hydrogens is 248 g/mol. The van der Waals surface area contributed by atoms with Crippen molar-refractivity contribution in [2.45, 2.75) is 45.6 Å². The number of rotatable bonds is 4. The van der Waals surface area contributed by atoms with Crippen LogP contribution in [0.3, 0.4) is 0 Å². The summed E-state index contributed by atoms with van der Waals surface area (Å²) < 4.78 is 5.46. The molecule has 0 spiro atoms. The lowest BCUT2D eigenvalue weighted by atomic mass is 9.84. The molecular formula is C17H22N2O. The third kappa shape index (κ3) is 2.63. The van der Waals surface area contributed by atoms with Crippen LogP contribution < -0.4 is 5.32 Å².